The Kier molecular flexibility index (Phi) is 6.45. The number of halogens is 1. The second-order valence-electron chi connectivity index (χ2n) is 6.40. The maximum Gasteiger partial charge on any atom is 0.318 e. The van der Waals surface area contributed by atoms with Crippen LogP contribution >= 0.6 is 12.4 Å². The number of nitrogens with one attached hydrogen (secondary N) is 2. The van der Waals surface area contributed by atoms with Crippen LogP contribution in [0.25, 0.3) is 0 Å². The van der Waals surface area contributed by atoms with E-state index in [2.05, 4.69) is 16.7 Å². The number of nitrogens with two attached hydrogens (primary N) is 1. The van der Waals surface area contributed by atoms with Crippen LogP contribution in [0.2, 0.25) is 0 Å². The number of nitrogens with zero attached hydrogens (tertiary/aromatic N) is 1. The third-order valence-electron chi connectivity index (χ3n) is 4.58. The zero-order chi connectivity index (χ0) is 16.2. The summed E-state index contributed by atoms with van der Waals surface area (Å²) in [5.74, 6) is 0.366. The molecule has 1 aliphatic carbocycles. The highest BCUT2D eigenvalue weighted by Gasteiger charge is 2.28. The van der Waals surface area contributed by atoms with E-state index in [9.17, 15) is 9.59 Å². The second-order valence-corrected chi connectivity index (χ2v) is 6.40. The number of fused-ring (bicyclic) bond motifs is 1. The molecule has 1 unspecified atom stereocenters. The summed E-state index contributed by atoms with van der Waals surface area (Å²) in [7, 11) is 0. The molecule has 3 amide bonds. The van der Waals surface area contributed by atoms with Gasteiger partial charge in [0.05, 0.1) is 6.54 Å². The van der Waals surface area contributed by atoms with Crippen LogP contribution in [0.3, 0.4) is 0 Å². The van der Waals surface area contributed by atoms with Gasteiger partial charge in [-0.05, 0) is 36.3 Å². The Labute approximate surface area is 148 Å². The van der Waals surface area contributed by atoms with Gasteiger partial charge in [-0.15, -0.1) is 12.4 Å². The molecule has 2 aliphatic rings. The Bertz CT molecular complexity index is 592. The molecule has 1 aromatic carbocycles. The van der Waals surface area contributed by atoms with Crippen molar-refractivity contribution in [2.75, 3.05) is 19.6 Å². The van der Waals surface area contributed by atoms with E-state index in [1.807, 2.05) is 18.2 Å². The summed E-state index contributed by atoms with van der Waals surface area (Å²) in [5, 5.41) is 5.47. The van der Waals surface area contributed by atoms with Crippen LogP contribution < -0.4 is 16.4 Å². The molecule has 0 aromatic heterocycles. The van der Waals surface area contributed by atoms with Gasteiger partial charge in [-0.2, -0.15) is 0 Å². The van der Waals surface area contributed by atoms with Crippen LogP contribution in [0.4, 0.5) is 4.79 Å². The van der Waals surface area contributed by atoms with E-state index in [0.29, 0.717) is 25.6 Å². The molecule has 1 heterocycles. The fraction of sp³-hybridized carbons (Fsp3) is 0.529. The molecule has 3 rings (SSSR count). The smallest absolute Gasteiger partial charge is 0.318 e. The molecule has 0 saturated heterocycles. The van der Waals surface area contributed by atoms with E-state index in [4.69, 9.17) is 5.73 Å². The SMILES string of the molecule is Cl.NC(CNC(=O)CNC(=O)N1CCc2ccccc2C1)C1CC1. The van der Waals surface area contributed by atoms with Crippen LogP contribution in [0.15, 0.2) is 24.3 Å². The number of carbonyl (C=O) groups is 2. The van der Waals surface area contributed by atoms with E-state index in [0.717, 1.165) is 19.3 Å². The van der Waals surface area contributed by atoms with Crippen molar-refractivity contribution >= 4 is 24.3 Å². The maximum absolute atomic E-state index is 12.2. The van der Waals surface area contributed by atoms with E-state index >= 15 is 0 Å². The number of benzene rings is 1. The lowest BCUT2D eigenvalue weighted by atomic mass is 10.0. The highest BCUT2D eigenvalue weighted by atomic mass is 35.5. The standard InChI is InChI=1S/C17H24N4O2.ClH/c18-15(13-5-6-13)9-19-16(22)10-20-17(23)21-8-7-12-3-1-2-4-14(12)11-21;/h1-4,13,15H,5-11,18H2,(H,19,22)(H,20,23);1H. The first kappa shape index (κ1) is 18.5. The van der Waals surface area contributed by atoms with Crippen molar-refractivity contribution in [3.05, 3.63) is 35.4 Å². The Morgan fingerprint density at radius 1 is 1.21 bits per heavy atom. The lowest BCUT2D eigenvalue weighted by molar-refractivity contribution is -0.120. The Balaban J connectivity index is 0.00000208. The molecular weight excluding hydrogens is 328 g/mol. The van der Waals surface area contributed by atoms with Crippen LogP contribution in [-0.4, -0.2) is 42.5 Å². The van der Waals surface area contributed by atoms with Crippen molar-refractivity contribution in [2.45, 2.75) is 31.8 Å². The molecule has 4 N–H and O–H groups in total. The quantitative estimate of drug-likeness (QED) is 0.739. The lowest BCUT2D eigenvalue weighted by Crippen LogP contribution is -2.47. The van der Waals surface area contributed by atoms with E-state index in [1.54, 1.807) is 4.90 Å². The van der Waals surface area contributed by atoms with Gasteiger partial charge < -0.3 is 21.3 Å². The molecule has 6 nitrogen and oxygen atoms in total. The van der Waals surface area contributed by atoms with Gasteiger partial charge in [0.25, 0.3) is 0 Å². The van der Waals surface area contributed by atoms with Gasteiger partial charge in [-0.1, -0.05) is 24.3 Å². The fourth-order valence-corrected chi connectivity index (χ4v) is 2.92. The van der Waals surface area contributed by atoms with Gasteiger partial charge in [0.1, 0.15) is 0 Å². The first-order chi connectivity index (χ1) is 11.1. The number of carbonyl (C=O) groups excluding carboxylic acids is 2. The minimum absolute atomic E-state index is 0. The molecular formula is C17H25ClN4O2. The topological polar surface area (TPSA) is 87.5 Å². The number of rotatable bonds is 5. The zero-order valence-electron chi connectivity index (χ0n) is 13.7. The third kappa shape index (κ3) is 4.85. The number of amides is 3. The molecule has 1 atom stereocenters. The van der Waals surface area contributed by atoms with E-state index in [1.165, 1.54) is 11.1 Å². The normalized spacial score (nSPS) is 17.3. The zero-order valence-corrected chi connectivity index (χ0v) is 14.5. The van der Waals surface area contributed by atoms with Crippen LogP contribution in [-0.2, 0) is 17.8 Å². The first-order valence-corrected chi connectivity index (χ1v) is 8.25. The van der Waals surface area contributed by atoms with Crippen molar-refractivity contribution in [1.82, 2.24) is 15.5 Å². The Morgan fingerprint density at radius 3 is 2.62 bits per heavy atom. The summed E-state index contributed by atoms with van der Waals surface area (Å²) in [4.78, 5) is 25.7. The Morgan fingerprint density at radius 2 is 1.92 bits per heavy atom. The average molecular weight is 353 g/mol. The molecule has 1 aliphatic heterocycles. The summed E-state index contributed by atoms with van der Waals surface area (Å²) < 4.78 is 0. The van der Waals surface area contributed by atoms with Gasteiger partial charge in [0.2, 0.25) is 5.91 Å². The van der Waals surface area contributed by atoms with Crippen molar-refractivity contribution in [3.8, 4) is 0 Å². The van der Waals surface area contributed by atoms with Crippen LogP contribution in [0.1, 0.15) is 24.0 Å². The minimum atomic E-state index is -0.193. The molecule has 1 aromatic rings. The predicted molar refractivity (Wildman–Crippen MR) is 94.9 cm³/mol. The van der Waals surface area contributed by atoms with Gasteiger partial charge in [0, 0.05) is 25.7 Å². The van der Waals surface area contributed by atoms with Gasteiger partial charge in [-0.3, -0.25) is 4.79 Å². The van der Waals surface area contributed by atoms with E-state index < -0.39 is 0 Å². The molecule has 132 valence electrons. The molecule has 1 saturated carbocycles. The molecule has 0 spiro atoms. The van der Waals surface area contributed by atoms with E-state index in [-0.39, 0.29) is 36.9 Å². The summed E-state index contributed by atoms with van der Waals surface area (Å²) in [6.45, 7) is 1.75. The van der Waals surface area contributed by atoms with Gasteiger partial charge in [0.15, 0.2) is 0 Å². The van der Waals surface area contributed by atoms with Gasteiger partial charge in [-0.25, -0.2) is 4.79 Å². The molecule has 7 heteroatoms. The second kappa shape index (κ2) is 8.35. The van der Waals surface area contributed by atoms with Crippen molar-refractivity contribution < 1.29 is 9.59 Å². The summed E-state index contributed by atoms with van der Waals surface area (Å²) in [6, 6.07) is 7.98. The summed E-state index contributed by atoms with van der Waals surface area (Å²) in [6.07, 6.45) is 3.17. The van der Waals surface area contributed by atoms with Crippen molar-refractivity contribution in [2.24, 2.45) is 11.7 Å². The average Bonchev–Trinajstić information content (AvgIpc) is 3.42. The number of hydrogen-bond acceptors (Lipinski definition) is 3. The van der Waals surface area contributed by atoms with Crippen LogP contribution in [0.5, 0.6) is 0 Å². The Hall–Kier alpha value is -1.79. The van der Waals surface area contributed by atoms with Crippen LogP contribution in [0, 0.1) is 5.92 Å². The maximum atomic E-state index is 12.2. The summed E-state index contributed by atoms with van der Waals surface area (Å²) >= 11 is 0. The minimum Gasteiger partial charge on any atom is -0.353 e. The molecule has 24 heavy (non-hydrogen) atoms. The first-order valence-electron chi connectivity index (χ1n) is 8.25. The summed E-state index contributed by atoms with van der Waals surface area (Å²) in [5.41, 5.74) is 8.40. The monoisotopic (exact) mass is 352 g/mol. The largest absolute Gasteiger partial charge is 0.353 e. The predicted octanol–water partition coefficient (Wildman–Crippen LogP) is 1.03. The highest BCUT2D eigenvalue weighted by Crippen LogP contribution is 2.31. The van der Waals surface area contributed by atoms with Crippen molar-refractivity contribution in [1.29, 1.82) is 0 Å². The third-order valence-corrected chi connectivity index (χ3v) is 4.58. The fourth-order valence-electron chi connectivity index (χ4n) is 2.92. The molecule has 0 bridgehead atoms. The van der Waals surface area contributed by atoms with Crippen molar-refractivity contribution in [3.63, 3.8) is 0 Å². The lowest BCUT2D eigenvalue weighted by Gasteiger charge is -2.28. The highest BCUT2D eigenvalue weighted by molar-refractivity contribution is 5.85. The molecule has 1 fully saturated rings. The van der Waals surface area contributed by atoms with Gasteiger partial charge >= 0.3 is 6.03 Å². The number of urea groups is 1. The number of hydrogen-bond donors (Lipinski definition) is 3. The molecule has 0 radical (unpaired) electrons.